The van der Waals surface area contributed by atoms with Crippen LogP contribution in [-0.4, -0.2) is 35.6 Å². The number of rotatable bonds is 7. The van der Waals surface area contributed by atoms with E-state index in [2.05, 4.69) is 5.32 Å². The normalized spacial score (nSPS) is 14.5. The smallest absolute Gasteiger partial charge is 0.255 e. The summed E-state index contributed by atoms with van der Waals surface area (Å²) in [6.07, 6.45) is 6.05. The van der Waals surface area contributed by atoms with Crippen molar-refractivity contribution in [2.45, 2.75) is 43.9 Å². The lowest BCUT2D eigenvalue weighted by Crippen LogP contribution is -2.39. The maximum Gasteiger partial charge on any atom is 0.255 e. The van der Waals surface area contributed by atoms with Gasteiger partial charge in [0.05, 0.1) is 5.75 Å². The van der Waals surface area contributed by atoms with Gasteiger partial charge in [-0.15, -0.1) is 11.8 Å². The number of thioether (sulfide) groups is 1. The molecule has 4 nitrogen and oxygen atoms in total. The molecule has 3 rings (SSSR count). The van der Waals surface area contributed by atoms with Crippen LogP contribution in [0.4, 0.5) is 5.69 Å². The number of nitrogens with one attached hydrogen (secondary N) is 1. The van der Waals surface area contributed by atoms with Crippen LogP contribution in [0.3, 0.4) is 0 Å². The average molecular weight is 397 g/mol. The number of carbonyl (C=O) groups excluding carboxylic acids is 2. The summed E-state index contributed by atoms with van der Waals surface area (Å²) in [7, 11) is 1.94. The highest BCUT2D eigenvalue weighted by atomic mass is 32.2. The summed E-state index contributed by atoms with van der Waals surface area (Å²) in [6.45, 7) is 0. The Morgan fingerprint density at radius 3 is 2.36 bits per heavy atom. The maximum absolute atomic E-state index is 12.4. The van der Waals surface area contributed by atoms with Crippen molar-refractivity contribution in [3.8, 4) is 0 Å². The quantitative estimate of drug-likeness (QED) is 0.719. The number of amides is 2. The first-order chi connectivity index (χ1) is 13.6. The zero-order valence-corrected chi connectivity index (χ0v) is 17.2. The molecule has 0 saturated heterocycles. The molecule has 0 heterocycles. The molecule has 2 amide bonds. The summed E-state index contributed by atoms with van der Waals surface area (Å²) < 4.78 is 0. The molecule has 1 aliphatic carbocycles. The van der Waals surface area contributed by atoms with Gasteiger partial charge in [-0.25, -0.2) is 0 Å². The Balaban J connectivity index is 1.44. The van der Waals surface area contributed by atoms with Crippen LogP contribution in [0, 0.1) is 0 Å². The lowest BCUT2D eigenvalue weighted by atomic mass is 9.94. The number of carbonyl (C=O) groups is 2. The van der Waals surface area contributed by atoms with Crippen molar-refractivity contribution in [2.24, 2.45) is 0 Å². The molecule has 0 aliphatic heterocycles. The van der Waals surface area contributed by atoms with E-state index in [0.717, 1.165) is 29.8 Å². The van der Waals surface area contributed by atoms with Gasteiger partial charge in [0.2, 0.25) is 5.91 Å². The monoisotopic (exact) mass is 396 g/mol. The second kappa shape index (κ2) is 10.3. The lowest BCUT2D eigenvalue weighted by molar-refractivity contribution is -0.129. The maximum atomic E-state index is 12.4. The Kier molecular flexibility index (Phi) is 7.54. The fraction of sp³-hybridized carbons (Fsp3) is 0.391. The van der Waals surface area contributed by atoms with Gasteiger partial charge in [-0.1, -0.05) is 49.6 Å². The van der Waals surface area contributed by atoms with Gasteiger partial charge >= 0.3 is 0 Å². The van der Waals surface area contributed by atoms with E-state index in [9.17, 15) is 9.59 Å². The lowest BCUT2D eigenvalue weighted by Gasteiger charge is -2.31. The predicted molar refractivity (Wildman–Crippen MR) is 117 cm³/mol. The third kappa shape index (κ3) is 5.86. The molecule has 0 atom stereocenters. The number of nitrogens with zero attached hydrogens (tertiary/aromatic N) is 1. The molecule has 2 aromatic carbocycles. The van der Waals surface area contributed by atoms with Crippen LogP contribution in [0.15, 0.2) is 54.6 Å². The molecule has 148 valence electrons. The van der Waals surface area contributed by atoms with E-state index < -0.39 is 0 Å². The summed E-state index contributed by atoms with van der Waals surface area (Å²) in [5.74, 6) is 1.37. The minimum Gasteiger partial charge on any atom is -0.342 e. The standard InChI is InChI=1S/C23H28N2O2S/c1-25(21-10-6-3-7-11-21)22(26)17-28-16-18-12-14-19(15-13-18)23(27)24-20-8-4-2-5-9-20/h2,4-5,8-9,12-15,21H,3,6-7,10-11,16-17H2,1H3,(H,24,27). The first kappa shape index (κ1) is 20.5. The number of anilines is 1. The minimum atomic E-state index is -0.116. The fourth-order valence-electron chi connectivity index (χ4n) is 3.51. The largest absolute Gasteiger partial charge is 0.342 e. The Labute approximate surface area is 171 Å². The van der Waals surface area contributed by atoms with Gasteiger partial charge < -0.3 is 10.2 Å². The molecule has 0 radical (unpaired) electrons. The highest BCUT2D eigenvalue weighted by Gasteiger charge is 2.21. The van der Waals surface area contributed by atoms with Crippen molar-refractivity contribution in [1.82, 2.24) is 4.90 Å². The molecule has 1 fully saturated rings. The van der Waals surface area contributed by atoms with Gasteiger partial charge in [0, 0.05) is 30.1 Å². The molecule has 0 aromatic heterocycles. The first-order valence-electron chi connectivity index (χ1n) is 9.92. The Morgan fingerprint density at radius 1 is 1.00 bits per heavy atom. The second-order valence-electron chi connectivity index (χ2n) is 7.31. The highest BCUT2D eigenvalue weighted by molar-refractivity contribution is 7.99. The van der Waals surface area contributed by atoms with E-state index >= 15 is 0 Å². The van der Waals surface area contributed by atoms with E-state index in [0.29, 0.717) is 17.4 Å². The van der Waals surface area contributed by atoms with Gasteiger partial charge in [0.15, 0.2) is 0 Å². The molecule has 0 bridgehead atoms. The van der Waals surface area contributed by atoms with Crippen molar-refractivity contribution >= 4 is 29.3 Å². The van der Waals surface area contributed by atoms with Crippen LogP contribution in [-0.2, 0) is 10.5 Å². The van der Waals surface area contributed by atoms with Crippen LogP contribution in [0.2, 0.25) is 0 Å². The van der Waals surface area contributed by atoms with Crippen molar-refractivity contribution in [2.75, 3.05) is 18.1 Å². The van der Waals surface area contributed by atoms with E-state index in [4.69, 9.17) is 0 Å². The van der Waals surface area contributed by atoms with Crippen LogP contribution in [0.1, 0.15) is 48.0 Å². The molecule has 28 heavy (non-hydrogen) atoms. The third-order valence-electron chi connectivity index (χ3n) is 5.26. The molecular weight excluding hydrogens is 368 g/mol. The molecule has 1 aliphatic rings. The Bertz CT molecular complexity index is 771. The van der Waals surface area contributed by atoms with Crippen molar-refractivity contribution in [1.29, 1.82) is 0 Å². The van der Waals surface area contributed by atoms with Gasteiger partial charge in [0.1, 0.15) is 0 Å². The summed E-state index contributed by atoms with van der Waals surface area (Å²) >= 11 is 1.63. The first-order valence-corrected chi connectivity index (χ1v) is 11.1. The predicted octanol–water partition coefficient (Wildman–Crippen LogP) is 4.96. The summed E-state index contributed by atoms with van der Waals surface area (Å²) in [4.78, 5) is 26.6. The molecule has 0 spiro atoms. The van der Waals surface area contributed by atoms with E-state index in [1.54, 1.807) is 11.8 Å². The Hall–Kier alpha value is -2.27. The van der Waals surface area contributed by atoms with Gasteiger partial charge in [0.25, 0.3) is 5.91 Å². The molecule has 1 saturated carbocycles. The third-order valence-corrected chi connectivity index (χ3v) is 6.25. The fourth-order valence-corrected chi connectivity index (χ4v) is 4.42. The number of para-hydroxylation sites is 1. The van der Waals surface area contributed by atoms with Crippen molar-refractivity contribution < 1.29 is 9.59 Å². The van der Waals surface area contributed by atoms with Gasteiger partial charge in [-0.2, -0.15) is 0 Å². The topological polar surface area (TPSA) is 49.4 Å². The summed E-state index contributed by atoms with van der Waals surface area (Å²) in [5.41, 5.74) is 2.54. The second-order valence-corrected chi connectivity index (χ2v) is 8.29. The van der Waals surface area contributed by atoms with Crippen LogP contribution in [0.5, 0.6) is 0 Å². The molecule has 5 heteroatoms. The van der Waals surface area contributed by atoms with Gasteiger partial charge in [-0.3, -0.25) is 9.59 Å². The van der Waals surface area contributed by atoms with E-state index in [1.165, 1.54) is 19.3 Å². The minimum absolute atomic E-state index is 0.116. The van der Waals surface area contributed by atoms with Crippen LogP contribution >= 0.6 is 11.8 Å². The van der Waals surface area contributed by atoms with Crippen LogP contribution < -0.4 is 5.32 Å². The van der Waals surface area contributed by atoms with Crippen LogP contribution in [0.25, 0.3) is 0 Å². The van der Waals surface area contributed by atoms with Gasteiger partial charge in [-0.05, 0) is 42.7 Å². The number of hydrogen-bond acceptors (Lipinski definition) is 3. The highest BCUT2D eigenvalue weighted by Crippen LogP contribution is 2.22. The SMILES string of the molecule is CN(C(=O)CSCc1ccc(C(=O)Nc2ccccc2)cc1)C1CCCCC1. The Morgan fingerprint density at radius 2 is 1.68 bits per heavy atom. The number of hydrogen-bond donors (Lipinski definition) is 1. The van der Waals surface area contributed by atoms with Crippen molar-refractivity contribution in [3.63, 3.8) is 0 Å². The average Bonchev–Trinajstić information content (AvgIpc) is 2.75. The van der Waals surface area contributed by atoms with Crippen molar-refractivity contribution in [3.05, 3.63) is 65.7 Å². The zero-order chi connectivity index (χ0) is 19.8. The number of benzene rings is 2. The summed E-state index contributed by atoms with van der Waals surface area (Å²) in [5, 5.41) is 2.89. The molecular formula is C23H28N2O2S. The summed E-state index contributed by atoms with van der Waals surface area (Å²) in [6, 6.07) is 17.4. The molecule has 1 N–H and O–H groups in total. The van der Waals surface area contributed by atoms with E-state index in [1.807, 2.05) is 66.5 Å². The van der Waals surface area contributed by atoms with E-state index in [-0.39, 0.29) is 11.8 Å². The zero-order valence-electron chi connectivity index (χ0n) is 16.4. The molecule has 2 aromatic rings. The molecule has 0 unspecified atom stereocenters.